The van der Waals surface area contributed by atoms with Crippen LogP contribution in [0.4, 0.5) is 5.82 Å². The molecule has 1 atom stereocenters. The highest BCUT2D eigenvalue weighted by Crippen LogP contribution is 2.34. The van der Waals surface area contributed by atoms with E-state index in [0.717, 1.165) is 97.2 Å². The Kier molecular flexibility index (Phi) is 13.1. The molecule has 8 rings (SSSR count). The largest absolute Gasteiger partial charge is 0.493 e. The first-order valence-electron chi connectivity index (χ1n) is 21.2. The van der Waals surface area contributed by atoms with E-state index in [2.05, 4.69) is 47.2 Å². The van der Waals surface area contributed by atoms with Gasteiger partial charge in [-0.3, -0.25) is 39.1 Å². The first-order chi connectivity index (χ1) is 30.2. The van der Waals surface area contributed by atoms with Crippen molar-refractivity contribution >= 4 is 47.5 Å². The van der Waals surface area contributed by atoms with Crippen molar-refractivity contribution in [1.29, 1.82) is 0 Å². The topological polar surface area (TPSA) is 170 Å². The number of hydrogen-bond acceptors (Lipinski definition) is 12. The van der Waals surface area contributed by atoms with Gasteiger partial charge in [-0.05, 0) is 86.0 Å². The van der Waals surface area contributed by atoms with Gasteiger partial charge < -0.3 is 19.9 Å². The Hall–Kier alpha value is -6.76. The Balaban J connectivity index is 0.711. The van der Waals surface area contributed by atoms with E-state index < -0.39 is 29.7 Å². The van der Waals surface area contributed by atoms with E-state index in [1.54, 1.807) is 18.2 Å². The van der Waals surface area contributed by atoms with Crippen LogP contribution < -0.4 is 15.4 Å². The number of aromatic nitrogens is 3. The third-order valence-electron chi connectivity index (χ3n) is 11.7. The number of carbonyl (C=O) groups excluding carboxylic acids is 5. The Bertz CT molecular complexity index is 2430. The van der Waals surface area contributed by atoms with Gasteiger partial charge in [0, 0.05) is 63.5 Å². The maximum Gasteiger partial charge on any atom is 0.266 e. The summed E-state index contributed by atoms with van der Waals surface area (Å²) >= 11 is 0. The Morgan fingerprint density at radius 2 is 1.66 bits per heavy atom. The Morgan fingerprint density at radius 3 is 2.44 bits per heavy atom. The summed E-state index contributed by atoms with van der Waals surface area (Å²) in [6, 6.07) is 15.5. The number of amides is 5. The number of pyridine rings is 1. The molecule has 4 aliphatic heterocycles. The van der Waals surface area contributed by atoms with Crippen molar-refractivity contribution in [3.8, 4) is 17.6 Å². The molecule has 2 aromatic heterocycles. The molecule has 0 aliphatic carbocycles. The SMILES string of the molecule is CNc1ncnc2c1CCN(C(=O)c1ccc(/C=C/c3ccc(C#CCN4CCN(CCCCCOc5cccc6c5C(=O)N(C5CCC(=O)NC5=O)C6=O)CC4)nc3)cc1)C2. The average molecular weight is 836 g/mol. The smallest absolute Gasteiger partial charge is 0.266 e. The minimum absolute atomic E-state index is 0.00796. The summed E-state index contributed by atoms with van der Waals surface area (Å²) in [5.74, 6) is 5.50. The van der Waals surface area contributed by atoms with Crippen molar-refractivity contribution in [2.45, 2.75) is 51.1 Å². The first-order valence-corrected chi connectivity index (χ1v) is 21.2. The van der Waals surface area contributed by atoms with Gasteiger partial charge in [0.2, 0.25) is 11.8 Å². The number of piperidine rings is 1. The zero-order chi connectivity index (χ0) is 43.0. The van der Waals surface area contributed by atoms with Crippen LogP contribution in [0.5, 0.6) is 5.75 Å². The van der Waals surface area contributed by atoms with Crippen LogP contribution in [-0.4, -0.2) is 130 Å². The number of rotatable bonds is 13. The molecule has 0 radical (unpaired) electrons. The highest BCUT2D eigenvalue weighted by molar-refractivity contribution is 6.24. The summed E-state index contributed by atoms with van der Waals surface area (Å²) in [5, 5.41) is 5.33. The molecular formula is C47H49N9O6. The van der Waals surface area contributed by atoms with Gasteiger partial charge in [-0.25, -0.2) is 15.0 Å². The minimum atomic E-state index is -1.01. The van der Waals surface area contributed by atoms with Crippen LogP contribution >= 0.6 is 0 Å². The monoisotopic (exact) mass is 835 g/mol. The van der Waals surface area contributed by atoms with E-state index in [0.29, 0.717) is 37.6 Å². The molecule has 62 heavy (non-hydrogen) atoms. The molecule has 5 amide bonds. The summed E-state index contributed by atoms with van der Waals surface area (Å²) in [7, 11) is 1.84. The van der Waals surface area contributed by atoms with Crippen molar-refractivity contribution in [2.24, 2.45) is 0 Å². The molecule has 0 bridgehead atoms. The number of nitrogens with one attached hydrogen (secondary N) is 2. The van der Waals surface area contributed by atoms with E-state index in [9.17, 15) is 24.0 Å². The standard InChI is InChI=1S/C47H49N9O6/c1-48-43-36-20-23-55(30-38(36)50-31-51-43)45(59)34-15-12-32(13-16-34)10-11-33-14-17-35(49-29-33)7-6-22-54-26-24-53(25-27-54)21-3-2-4-28-62-40-9-5-8-37-42(40)47(61)56(46(37)60)39-18-19-41(57)52-44(39)58/h5,8-17,29,31,39H,2-4,18-28,30H2,1H3,(H,48,50,51)(H,52,57,58)/b11-10+. The predicted octanol–water partition coefficient (Wildman–Crippen LogP) is 3.90. The number of benzene rings is 2. The Labute approximate surface area is 360 Å². The van der Waals surface area contributed by atoms with Crippen molar-refractivity contribution < 1.29 is 28.7 Å². The third kappa shape index (κ3) is 9.57. The van der Waals surface area contributed by atoms with E-state index >= 15 is 0 Å². The van der Waals surface area contributed by atoms with Crippen molar-refractivity contribution in [3.05, 3.63) is 112 Å². The second-order valence-corrected chi connectivity index (χ2v) is 15.8. The van der Waals surface area contributed by atoms with E-state index in [4.69, 9.17) is 4.74 Å². The van der Waals surface area contributed by atoms with E-state index in [1.807, 2.05) is 66.7 Å². The van der Waals surface area contributed by atoms with Crippen LogP contribution in [0.2, 0.25) is 0 Å². The first kappa shape index (κ1) is 42.0. The lowest BCUT2D eigenvalue weighted by Crippen LogP contribution is -2.54. The summed E-state index contributed by atoms with van der Waals surface area (Å²) < 4.78 is 5.98. The number of anilines is 1. The van der Waals surface area contributed by atoms with Gasteiger partial charge in [0.25, 0.3) is 17.7 Å². The van der Waals surface area contributed by atoms with E-state index in [1.165, 1.54) is 6.33 Å². The summed E-state index contributed by atoms with van der Waals surface area (Å²) in [6.07, 6.45) is 11.0. The van der Waals surface area contributed by atoms with Gasteiger partial charge in [0.1, 0.15) is 29.6 Å². The highest BCUT2D eigenvalue weighted by atomic mass is 16.5. The van der Waals surface area contributed by atoms with Crippen molar-refractivity contribution in [1.82, 2.24) is 39.9 Å². The van der Waals surface area contributed by atoms with Gasteiger partial charge in [-0.1, -0.05) is 42.3 Å². The summed E-state index contributed by atoms with van der Waals surface area (Å²) in [4.78, 5) is 84.4. The van der Waals surface area contributed by atoms with Crippen LogP contribution in [-0.2, 0) is 22.6 Å². The number of carbonyl (C=O) groups is 5. The molecule has 318 valence electrons. The molecule has 0 spiro atoms. The molecule has 6 heterocycles. The van der Waals surface area contributed by atoms with Crippen LogP contribution in [0.3, 0.4) is 0 Å². The number of nitrogens with zero attached hydrogens (tertiary/aromatic N) is 7. The van der Waals surface area contributed by atoms with Crippen LogP contribution in [0, 0.1) is 11.8 Å². The van der Waals surface area contributed by atoms with Crippen molar-refractivity contribution in [2.75, 3.05) is 64.8 Å². The number of imide groups is 2. The molecule has 4 aromatic rings. The molecule has 2 aromatic carbocycles. The molecule has 0 saturated carbocycles. The van der Waals surface area contributed by atoms with Gasteiger partial charge in [0.05, 0.1) is 36.5 Å². The second kappa shape index (κ2) is 19.3. The van der Waals surface area contributed by atoms with Gasteiger partial charge in [-0.15, -0.1) is 0 Å². The maximum atomic E-state index is 13.3. The van der Waals surface area contributed by atoms with Crippen LogP contribution in [0.25, 0.3) is 12.2 Å². The zero-order valence-electron chi connectivity index (χ0n) is 34.8. The lowest BCUT2D eigenvalue weighted by molar-refractivity contribution is -0.136. The number of piperazine rings is 1. The molecule has 15 heteroatoms. The number of hydrogen-bond donors (Lipinski definition) is 2. The van der Waals surface area contributed by atoms with Crippen LogP contribution in [0.15, 0.2) is 67.1 Å². The number of ether oxygens (including phenoxy) is 1. The quantitative estimate of drug-likeness (QED) is 0.113. The van der Waals surface area contributed by atoms with Gasteiger partial charge in [-0.2, -0.15) is 0 Å². The van der Waals surface area contributed by atoms with Gasteiger partial charge in [0.15, 0.2) is 0 Å². The molecule has 2 N–H and O–H groups in total. The number of fused-ring (bicyclic) bond motifs is 2. The average Bonchev–Trinajstić information content (AvgIpc) is 3.55. The van der Waals surface area contributed by atoms with Gasteiger partial charge >= 0.3 is 0 Å². The van der Waals surface area contributed by atoms with Crippen LogP contribution in [0.1, 0.15) is 91.3 Å². The lowest BCUT2D eigenvalue weighted by Gasteiger charge is -2.33. The fourth-order valence-electron chi connectivity index (χ4n) is 8.25. The minimum Gasteiger partial charge on any atom is -0.493 e. The molecule has 4 aliphatic rings. The molecule has 2 fully saturated rings. The normalized spacial score (nSPS) is 18.0. The second-order valence-electron chi connectivity index (χ2n) is 15.8. The number of unbranched alkanes of at least 4 members (excludes halogenated alkanes) is 2. The fourth-order valence-corrected chi connectivity index (χ4v) is 8.25. The predicted molar refractivity (Wildman–Crippen MR) is 232 cm³/mol. The van der Waals surface area contributed by atoms with E-state index in [-0.39, 0.29) is 29.9 Å². The maximum absolute atomic E-state index is 13.3. The fraction of sp³-hybridized carbons (Fsp3) is 0.362. The highest BCUT2D eigenvalue weighted by Gasteiger charge is 2.46. The molecule has 15 nitrogen and oxygen atoms in total. The Morgan fingerprint density at radius 1 is 0.871 bits per heavy atom. The third-order valence-corrected chi connectivity index (χ3v) is 11.7. The molecule has 2 saturated heterocycles. The molecule has 1 unspecified atom stereocenters. The summed E-state index contributed by atoms with van der Waals surface area (Å²) in [6.45, 7) is 7.04. The zero-order valence-corrected chi connectivity index (χ0v) is 34.8. The molecular weight excluding hydrogens is 787 g/mol. The summed E-state index contributed by atoms with van der Waals surface area (Å²) in [5.41, 5.74) is 5.68. The lowest BCUT2D eigenvalue weighted by atomic mass is 10.0. The van der Waals surface area contributed by atoms with Crippen molar-refractivity contribution in [3.63, 3.8) is 0 Å².